The second kappa shape index (κ2) is 9.41. The fourth-order valence-electron chi connectivity index (χ4n) is 4.07. The molecule has 13 heteroatoms. The van der Waals surface area contributed by atoms with Gasteiger partial charge in [0.15, 0.2) is 0 Å². The maximum absolute atomic E-state index is 13.1. The van der Waals surface area contributed by atoms with Gasteiger partial charge in [-0.1, -0.05) is 17.7 Å². The van der Waals surface area contributed by atoms with E-state index in [9.17, 15) is 18.0 Å². The first-order valence-corrected chi connectivity index (χ1v) is 10.7. The van der Waals surface area contributed by atoms with Crippen LogP contribution in [-0.4, -0.2) is 75.8 Å². The molecule has 176 valence electrons. The van der Waals surface area contributed by atoms with E-state index in [-0.39, 0.29) is 35.4 Å². The lowest BCUT2D eigenvalue weighted by Gasteiger charge is -2.41. The Labute approximate surface area is 201 Å². The summed E-state index contributed by atoms with van der Waals surface area (Å²) in [4.78, 5) is 19.1. The van der Waals surface area contributed by atoms with Crippen LogP contribution < -0.4 is 4.74 Å². The highest BCUT2D eigenvalue weighted by Crippen LogP contribution is 2.46. The number of rotatable bonds is 6. The molecule has 2 aromatic rings. The van der Waals surface area contributed by atoms with Crippen LogP contribution in [0.5, 0.6) is 5.75 Å². The summed E-state index contributed by atoms with van der Waals surface area (Å²) >= 11 is 6.17. The highest BCUT2D eigenvalue weighted by atomic mass is 35.5. The number of piperidine rings is 1. The van der Waals surface area contributed by atoms with Crippen LogP contribution in [0, 0.1) is 0 Å². The van der Waals surface area contributed by atoms with Crippen LogP contribution in [0.1, 0.15) is 22.5 Å². The Kier molecular flexibility index (Phi) is 6.87. The van der Waals surface area contributed by atoms with E-state index in [2.05, 4.69) is 9.72 Å². The zero-order valence-corrected chi connectivity index (χ0v) is 18.5. The molecule has 2 atom stereocenters. The van der Waals surface area contributed by atoms with Gasteiger partial charge in [-0.05, 0) is 30.3 Å². The number of hydrogen-bond donors (Lipinski definition) is 0. The lowest BCUT2D eigenvalue weighted by molar-refractivity contribution is -0.325. The van der Waals surface area contributed by atoms with Crippen LogP contribution in [-0.2, 0) is 19.8 Å². The number of carbonyl (C=O) groups excluding carboxylic acids is 1. The summed E-state index contributed by atoms with van der Waals surface area (Å²) in [6.45, 7) is -0.626. The minimum atomic E-state index is -4.74. The quantitative estimate of drug-likeness (QED) is 0.457. The predicted molar refractivity (Wildman–Crippen MR) is 116 cm³/mol. The third kappa shape index (κ3) is 5.35. The molecule has 4 rings (SSSR count). The van der Waals surface area contributed by atoms with Crippen molar-refractivity contribution in [1.82, 2.24) is 9.88 Å². The largest absolute Gasteiger partial charge is 0.522 e. The molecule has 4 radical (unpaired) electrons. The first kappa shape index (κ1) is 24.8. The Balaban J connectivity index is 1.44. The van der Waals surface area contributed by atoms with Crippen LogP contribution >= 0.6 is 11.6 Å². The van der Waals surface area contributed by atoms with E-state index >= 15 is 0 Å². The van der Waals surface area contributed by atoms with Crippen molar-refractivity contribution in [3.63, 3.8) is 0 Å². The molecule has 0 bridgehead atoms. The van der Waals surface area contributed by atoms with Crippen molar-refractivity contribution in [1.29, 1.82) is 0 Å². The molecule has 2 aliphatic rings. The molecule has 1 aromatic heterocycles. The number of aromatic nitrogens is 1. The van der Waals surface area contributed by atoms with Crippen molar-refractivity contribution < 1.29 is 36.9 Å². The standard InChI is InChI=1S/C21H18B2ClF3N2O5/c22-20(23)33-17-12-29(8-6-19(17,34-20)16-3-1-2-7-28-16)18(30)13-4-5-15(14(24)11-13)31-9-10-32-21(25,26)27/h1-5,7,11,17H,6,8-10,12H2/t17-,19-/m1/s1. The number of fused-ring (bicyclic) bond motifs is 1. The third-order valence-electron chi connectivity index (χ3n) is 5.50. The van der Waals surface area contributed by atoms with Gasteiger partial charge in [-0.2, -0.15) is 0 Å². The Morgan fingerprint density at radius 3 is 2.74 bits per heavy atom. The van der Waals surface area contributed by atoms with Crippen molar-refractivity contribution in [3.05, 3.63) is 58.9 Å². The number of ether oxygens (including phenoxy) is 4. The molecule has 34 heavy (non-hydrogen) atoms. The first-order valence-electron chi connectivity index (χ1n) is 10.3. The first-order chi connectivity index (χ1) is 16.0. The van der Waals surface area contributed by atoms with E-state index in [1.807, 2.05) is 6.07 Å². The molecule has 0 spiro atoms. The number of nitrogens with zero attached hydrogens (tertiary/aromatic N) is 2. The second-order valence-electron chi connectivity index (χ2n) is 7.82. The van der Waals surface area contributed by atoms with E-state index in [4.69, 9.17) is 41.5 Å². The molecule has 0 aliphatic carbocycles. The van der Waals surface area contributed by atoms with Crippen molar-refractivity contribution in [2.45, 2.75) is 30.1 Å². The molecule has 2 aliphatic heterocycles. The smallest absolute Gasteiger partial charge is 0.490 e. The van der Waals surface area contributed by atoms with Gasteiger partial charge in [-0.25, -0.2) is 0 Å². The summed E-state index contributed by atoms with van der Waals surface area (Å²) < 4.78 is 56.6. The highest BCUT2D eigenvalue weighted by Gasteiger charge is 2.57. The van der Waals surface area contributed by atoms with Crippen LogP contribution in [0.15, 0.2) is 42.6 Å². The summed E-state index contributed by atoms with van der Waals surface area (Å²) in [6, 6.07) is 9.62. The minimum absolute atomic E-state index is 0.0704. The van der Waals surface area contributed by atoms with Gasteiger partial charge in [0.1, 0.15) is 39.8 Å². The normalized spacial score (nSPS) is 24.0. The van der Waals surface area contributed by atoms with E-state index in [1.54, 1.807) is 23.2 Å². The van der Waals surface area contributed by atoms with Crippen LogP contribution in [0.2, 0.25) is 5.02 Å². The number of carbonyl (C=O) groups is 1. The van der Waals surface area contributed by atoms with Gasteiger partial charge in [0.25, 0.3) is 5.91 Å². The predicted octanol–water partition coefficient (Wildman–Crippen LogP) is 2.76. The molecule has 3 heterocycles. The second-order valence-corrected chi connectivity index (χ2v) is 8.23. The van der Waals surface area contributed by atoms with Crippen LogP contribution in [0.25, 0.3) is 0 Å². The lowest BCUT2D eigenvalue weighted by atomic mass is 9.76. The fourth-order valence-corrected chi connectivity index (χ4v) is 4.30. The van der Waals surface area contributed by atoms with Crippen LogP contribution in [0.3, 0.4) is 0 Å². The van der Waals surface area contributed by atoms with Crippen molar-refractivity contribution in [2.75, 3.05) is 26.3 Å². The molecule has 7 nitrogen and oxygen atoms in total. The van der Waals surface area contributed by atoms with Crippen molar-refractivity contribution in [2.24, 2.45) is 0 Å². The molecule has 0 N–H and O–H groups in total. The number of amides is 1. The SMILES string of the molecule is [B]C1([B])O[C@@H]2CN(C(=O)c3ccc(OCCOC(F)(F)F)c(Cl)c3)CC[C@]2(c2ccccn2)O1. The average molecular weight is 492 g/mol. The number of pyridine rings is 1. The number of hydrogen-bond acceptors (Lipinski definition) is 6. The van der Waals surface area contributed by atoms with Gasteiger partial charge >= 0.3 is 6.36 Å². The van der Waals surface area contributed by atoms with Gasteiger partial charge in [-0.15, -0.1) is 13.2 Å². The molecule has 2 fully saturated rings. The van der Waals surface area contributed by atoms with Gasteiger partial charge in [0, 0.05) is 24.7 Å². The Morgan fingerprint density at radius 1 is 1.26 bits per heavy atom. The Morgan fingerprint density at radius 2 is 2.06 bits per heavy atom. The van der Waals surface area contributed by atoms with Crippen molar-refractivity contribution >= 4 is 33.2 Å². The van der Waals surface area contributed by atoms with Gasteiger partial charge in [0.2, 0.25) is 0 Å². The molecular formula is C21H18B2ClF3N2O5. The number of likely N-dealkylation sites (tertiary alicyclic amines) is 1. The third-order valence-corrected chi connectivity index (χ3v) is 5.79. The maximum Gasteiger partial charge on any atom is 0.522 e. The van der Waals surface area contributed by atoms with E-state index in [0.29, 0.717) is 18.7 Å². The summed E-state index contributed by atoms with van der Waals surface area (Å²) in [5.74, 6) is -0.209. The number of alkyl halides is 3. The van der Waals surface area contributed by atoms with E-state index < -0.39 is 30.3 Å². The molecule has 0 unspecified atom stereocenters. The minimum Gasteiger partial charge on any atom is -0.490 e. The summed E-state index contributed by atoms with van der Waals surface area (Å²) in [7, 11) is 11.8. The van der Waals surface area contributed by atoms with Crippen molar-refractivity contribution in [3.8, 4) is 5.75 Å². The summed E-state index contributed by atoms with van der Waals surface area (Å²) in [6.07, 6.45) is -3.45. The van der Waals surface area contributed by atoms with Gasteiger partial charge < -0.3 is 19.1 Å². The molecule has 1 amide bonds. The van der Waals surface area contributed by atoms with Crippen LogP contribution in [0.4, 0.5) is 13.2 Å². The van der Waals surface area contributed by atoms with Gasteiger partial charge in [0.05, 0.1) is 29.5 Å². The number of benzene rings is 1. The molecule has 1 aromatic carbocycles. The highest BCUT2D eigenvalue weighted by molar-refractivity contribution is 6.38. The molecule has 0 saturated carbocycles. The molecule has 2 saturated heterocycles. The molecular weight excluding hydrogens is 474 g/mol. The zero-order chi connectivity index (χ0) is 24.6. The summed E-state index contributed by atoms with van der Waals surface area (Å²) in [5, 5.41) is 0.0704. The topological polar surface area (TPSA) is 70.1 Å². The average Bonchev–Trinajstić information content (AvgIpc) is 3.07. The van der Waals surface area contributed by atoms with E-state index in [0.717, 1.165) is 0 Å². The monoisotopic (exact) mass is 492 g/mol. The maximum atomic E-state index is 13.1. The Bertz CT molecular complexity index is 1050. The fraction of sp³-hybridized carbons (Fsp3) is 0.429. The zero-order valence-electron chi connectivity index (χ0n) is 17.8. The Hall–Kier alpha value is -2.27. The lowest BCUT2D eigenvalue weighted by Crippen LogP contribution is -2.53. The summed E-state index contributed by atoms with van der Waals surface area (Å²) in [5.41, 5.74) is -1.97. The van der Waals surface area contributed by atoms with Gasteiger partial charge in [-0.3, -0.25) is 14.5 Å². The van der Waals surface area contributed by atoms with E-state index in [1.165, 1.54) is 18.2 Å². The number of halogens is 4.